The van der Waals surface area contributed by atoms with Crippen molar-refractivity contribution in [1.29, 1.82) is 5.26 Å². The molecular weight excluding hydrogens is 331 g/mol. The second-order valence-corrected chi connectivity index (χ2v) is 4.77. The Bertz CT molecular complexity index is 572. The van der Waals surface area contributed by atoms with E-state index in [9.17, 15) is 26.7 Å². The summed E-state index contributed by atoms with van der Waals surface area (Å²) >= 11 is 0.983. The molecule has 4 nitrogen and oxygen atoms in total. The summed E-state index contributed by atoms with van der Waals surface area (Å²) in [5, 5.41) is 10.5. The van der Waals surface area contributed by atoms with E-state index < -0.39 is 30.0 Å². The molecule has 1 aromatic rings. The summed E-state index contributed by atoms with van der Waals surface area (Å²) in [6, 6.07) is 4.01. The highest BCUT2D eigenvalue weighted by molar-refractivity contribution is 8.00. The number of hydrogen-bond acceptors (Lipinski definition) is 4. The van der Waals surface area contributed by atoms with Crippen LogP contribution < -0.4 is 10.1 Å². The fraction of sp³-hybridized carbons (Fsp3) is 0.333. The number of amides is 1. The first-order chi connectivity index (χ1) is 10.2. The van der Waals surface area contributed by atoms with Gasteiger partial charge in [0.2, 0.25) is 5.91 Å². The average molecular weight is 340 g/mol. The van der Waals surface area contributed by atoms with E-state index in [0.717, 1.165) is 17.8 Å². The molecule has 10 heteroatoms. The maximum Gasteiger partial charge on any atom is 0.420 e. The van der Waals surface area contributed by atoms with Gasteiger partial charge in [0.25, 0.3) is 0 Å². The van der Waals surface area contributed by atoms with Crippen LogP contribution in [0.15, 0.2) is 18.2 Å². The van der Waals surface area contributed by atoms with Gasteiger partial charge in [-0.1, -0.05) is 0 Å². The van der Waals surface area contributed by atoms with Gasteiger partial charge >= 0.3 is 12.8 Å². The van der Waals surface area contributed by atoms with Gasteiger partial charge in [-0.15, -0.1) is 11.8 Å². The number of ether oxygens (including phenoxy) is 1. The quantitative estimate of drug-likeness (QED) is 0.636. The molecule has 0 aliphatic heterocycles. The molecule has 0 fully saturated rings. The first-order valence-electron chi connectivity index (χ1n) is 5.64. The SMILES string of the molecule is N#CCSCC(=O)Nc1ccc(OC(F)F)c(C(F)(F)F)c1. The van der Waals surface area contributed by atoms with Crippen LogP contribution >= 0.6 is 11.8 Å². The van der Waals surface area contributed by atoms with Crippen molar-refractivity contribution in [2.45, 2.75) is 12.8 Å². The molecule has 1 N–H and O–H groups in total. The van der Waals surface area contributed by atoms with Crippen molar-refractivity contribution in [3.8, 4) is 11.8 Å². The van der Waals surface area contributed by atoms with E-state index in [1.807, 2.05) is 0 Å². The van der Waals surface area contributed by atoms with Crippen LogP contribution in [0.5, 0.6) is 5.75 Å². The Hall–Kier alpha value is -2.02. The summed E-state index contributed by atoms with van der Waals surface area (Å²) in [4.78, 5) is 11.4. The lowest BCUT2D eigenvalue weighted by Gasteiger charge is -2.15. The van der Waals surface area contributed by atoms with Crippen molar-refractivity contribution >= 4 is 23.4 Å². The number of benzene rings is 1. The second-order valence-electron chi connectivity index (χ2n) is 3.79. The van der Waals surface area contributed by atoms with Gasteiger partial charge in [-0.2, -0.15) is 27.2 Å². The number of anilines is 1. The first kappa shape index (κ1) is 18.0. The smallest absolute Gasteiger partial charge is 0.420 e. The van der Waals surface area contributed by atoms with Crippen LogP contribution in [0.4, 0.5) is 27.6 Å². The van der Waals surface area contributed by atoms with Crippen molar-refractivity contribution in [3.05, 3.63) is 23.8 Å². The molecule has 0 radical (unpaired) electrons. The molecule has 0 atom stereocenters. The third-order valence-electron chi connectivity index (χ3n) is 2.18. The van der Waals surface area contributed by atoms with Crippen LogP contribution in [0.2, 0.25) is 0 Å². The number of carbonyl (C=O) groups is 1. The third-order valence-corrected chi connectivity index (χ3v) is 2.98. The molecule has 1 amide bonds. The second kappa shape index (κ2) is 7.84. The average Bonchev–Trinajstić information content (AvgIpc) is 2.39. The van der Waals surface area contributed by atoms with Gasteiger partial charge < -0.3 is 10.1 Å². The zero-order chi connectivity index (χ0) is 16.8. The number of nitrogens with zero attached hydrogens (tertiary/aromatic N) is 1. The standard InChI is InChI=1S/C12H9F5N2O2S/c13-11(14)21-9-2-1-7(5-8(9)12(15,16)17)19-10(20)6-22-4-3-18/h1-2,5,11H,4,6H2,(H,19,20). The van der Waals surface area contributed by atoms with Crippen LogP contribution in [0.3, 0.4) is 0 Å². The summed E-state index contributed by atoms with van der Waals surface area (Å²) in [6.45, 7) is -3.40. The van der Waals surface area contributed by atoms with Gasteiger partial charge in [0, 0.05) is 5.69 Å². The van der Waals surface area contributed by atoms with Crippen LogP contribution in [-0.2, 0) is 11.0 Å². The topological polar surface area (TPSA) is 62.1 Å². The molecule has 22 heavy (non-hydrogen) atoms. The van der Waals surface area contributed by atoms with Gasteiger partial charge in [-0.25, -0.2) is 0 Å². The minimum Gasteiger partial charge on any atom is -0.434 e. The first-order valence-corrected chi connectivity index (χ1v) is 6.80. The largest absolute Gasteiger partial charge is 0.434 e. The Morgan fingerprint density at radius 3 is 2.64 bits per heavy atom. The highest BCUT2D eigenvalue weighted by Gasteiger charge is 2.35. The summed E-state index contributed by atoms with van der Waals surface area (Å²) in [6.07, 6.45) is -4.92. The van der Waals surface area contributed by atoms with E-state index in [1.165, 1.54) is 0 Å². The van der Waals surface area contributed by atoms with Crippen LogP contribution in [0, 0.1) is 11.3 Å². The number of nitrogens with one attached hydrogen (secondary N) is 1. The lowest BCUT2D eigenvalue weighted by Crippen LogP contribution is -2.16. The molecule has 0 aliphatic carbocycles. The zero-order valence-electron chi connectivity index (χ0n) is 10.8. The lowest BCUT2D eigenvalue weighted by molar-refractivity contribution is -0.141. The van der Waals surface area contributed by atoms with Gasteiger partial charge in [0.15, 0.2) is 0 Å². The van der Waals surface area contributed by atoms with E-state index in [4.69, 9.17) is 5.26 Å². The maximum atomic E-state index is 12.8. The maximum absolute atomic E-state index is 12.8. The molecule has 0 bridgehead atoms. The molecule has 0 saturated heterocycles. The van der Waals surface area contributed by atoms with Crippen LogP contribution in [0.1, 0.15) is 5.56 Å². The third kappa shape index (κ3) is 5.77. The zero-order valence-corrected chi connectivity index (χ0v) is 11.6. The molecule has 0 heterocycles. The molecule has 120 valence electrons. The van der Waals surface area contributed by atoms with E-state index in [-0.39, 0.29) is 17.2 Å². The van der Waals surface area contributed by atoms with E-state index in [1.54, 1.807) is 6.07 Å². The summed E-state index contributed by atoms with van der Waals surface area (Å²) in [5.41, 5.74) is -1.63. The van der Waals surface area contributed by atoms with E-state index >= 15 is 0 Å². The van der Waals surface area contributed by atoms with Gasteiger partial charge in [-0.05, 0) is 18.2 Å². The fourth-order valence-electron chi connectivity index (χ4n) is 1.41. The Kier molecular flexibility index (Phi) is 6.42. The van der Waals surface area contributed by atoms with E-state index in [2.05, 4.69) is 10.1 Å². The Labute approximate surface area is 126 Å². The highest BCUT2D eigenvalue weighted by atomic mass is 32.2. The number of nitriles is 1. The molecule has 0 aliphatic rings. The Morgan fingerprint density at radius 2 is 2.09 bits per heavy atom. The van der Waals surface area contributed by atoms with Crippen molar-refractivity contribution in [2.24, 2.45) is 0 Å². The Balaban J connectivity index is 2.90. The normalized spacial score (nSPS) is 11.1. The van der Waals surface area contributed by atoms with Crippen LogP contribution in [-0.4, -0.2) is 24.0 Å². The van der Waals surface area contributed by atoms with Gasteiger partial charge in [0.05, 0.1) is 23.1 Å². The van der Waals surface area contributed by atoms with Crippen molar-refractivity contribution in [1.82, 2.24) is 0 Å². The fourth-order valence-corrected chi connectivity index (χ4v) is 1.87. The minimum atomic E-state index is -4.92. The van der Waals surface area contributed by atoms with Gasteiger partial charge in [-0.3, -0.25) is 4.79 Å². The molecule has 1 aromatic carbocycles. The summed E-state index contributed by atoms with van der Waals surface area (Å²) in [7, 11) is 0. The predicted octanol–water partition coefficient (Wildman–Crippen LogP) is 3.50. The predicted molar refractivity (Wildman–Crippen MR) is 69.6 cm³/mol. The molecule has 0 spiro atoms. The van der Waals surface area contributed by atoms with Crippen LogP contribution in [0.25, 0.3) is 0 Å². The van der Waals surface area contributed by atoms with Crippen molar-refractivity contribution in [2.75, 3.05) is 16.8 Å². The lowest BCUT2D eigenvalue weighted by atomic mass is 10.1. The van der Waals surface area contributed by atoms with Gasteiger partial charge in [0.1, 0.15) is 5.75 Å². The summed E-state index contributed by atoms with van der Waals surface area (Å²) < 4.78 is 66.3. The highest BCUT2D eigenvalue weighted by Crippen LogP contribution is 2.38. The number of halogens is 5. The Morgan fingerprint density at radius 1 is 1.41 bits per heavy atom. The van der Waals surface area contributed by atoms with Crippen molar-refractivity contribution < 1.29 is 31.5 Å². The minimum absolute atomic E-state index is 0.0579. The molecule has 0 saturated carbocycles. The summed E-state index contributed by atoms with van der Waals surface area (Å²) in [5.74, 6) is -1.71. The number of alkyl halides is 5. The molecular formula is C12H9F5N2O2S. The molecule has 1 rings (SSSR count). The number of rotatable bonds is 6. The van der Waals surface area contributed by atoms with Crippen molar-refractivity contribution in [3.63, 3.8) is 0 Å². The molecule has 0 aromatic heterocycles. The van der Waals surface area contributed by atoms with E-state index in [0.29, 0.717) is 12.1 Å². The monoisotopic (exact) mass is 340 g/mol. The number of carbonyl (C=O) groups excluding carboxylic acids is 1. The number of hydrogen-bond donors (Lipinski definition) is 1. The molecule has 0 unspecified atom stereocenters. The number of thioether (sulfide) groups is 1.